The van der Waals surface area contributed by atoms with Gasteiger partial charge in [0.25, 0.3) is 5.91 Å². The van der Waals surface area contributed by atoms with E-state index >= 15 is 0 Å². The highest BCUT2D eigenvalue weighted by molar-refractivity contribution is 7.89. The molecular weight excluding hydrogens is 418 g/mol. The van der Waals surface area contributed by atoms with E-state index in [-0.39, 0.29) is 10.9 Å². The monoisotopic (exact) mass is 441 g/mol. The highest BCUT2D eigenvalue weighted by Crippen LogP contribution is 2.30. The first-order chi connectivity index (χ1) is 14.3. The lowest BCUT2D eigenvalue weighted by molar-refractivity contribution is 0.0998. The van der Waals surface area contributed by atoms with Crippen molar-refractivity contribution in [3.05, 3.63) is 71.0 Å². The predicted octanol–water partition coefficient (Wildman–Crippen LogP) is 3.72. The van der Waals surface area contributed by atoms with Gasteiger partial charge in [-0.2, -0.15) is 9.30 Å². The molecule has 0 bridgehead atoms. The average molecular weight is 442 g/mol. The topological polar surface area (TPSA) is 71.7 Å². The lowest BCUT2D eigenvalue weighted by Gasteiger charge is -2.16. The number of benzene rings is 2. The van der Waals surface area contributed by atoms with Crippen LogP contribution in [-0.2, 0) is 16.6 Å². The number of aryl methyl sites for hydroxylation is 1. The molecule has 0 atom stereocenters. The molecule has 4 rings (SSSR count). The Morgan fingerprint density at radius 2 is 1.97 bits per heavy atom. The maximum Gasteiger partial charge on any atom is 0.279 e. The van der Waals surface area contributed by atoms with Crippen molar-refractivity contribution in [2.75, 3.05) is 7.05 Å². The number of carbonyl (C=O) groups excluding carboxylic acids is 1. The fraction of sp³-hybridized carbons (Fsp3) is 0.273. The van der Waals surface area contributed by atoms with Crippen molar-refractivity contribution >= 4 is 37.5 Å². The van der Waals surface area contributed by atoms with Crippen molar-refractivity contribution < 1.29 is 13.2 Å². The number of sulfonamides is 1. The standard InChI is InChI=1S/C22H23N3O3S2/c1-4-13-25-19-12-5-15(2)14-20(19)29-22(25)23-21(26)16-6-10-18(11-7-16)30(27,28)24(3)17-8-9-17/h4-7,10-12,14,17H,1,8-9,13H2,2-3H3. The average Bonchev–Trinajstić information content (AvgIpc) is 3.52. The molecule has 1 fully saturated rings. The molecular formula is C22H23N3O3S2. The predicted molar refractivity (Wildman–Crippen MR) is 119 cm³/mol. The molecule has 0 unspecified atom stereocenters. The fourth-order valence-corrected chi connectivity index (χ4v) is 5.84. The second-order valence-corrected chi connectivity index (χ2v) is 10.5. The van der Waals surface area contributed by atoms with E-state index in [1.807, 2.05) is 23.6 Å². The van der Waals surface area contributed by atoms with Crippen molar-refractivity contribution in [2.45, 2.75) is 37.2 Å². The summed E-state index contributed by atoms with van der Waals surface area (Å²) in [6, 6.07) is 12.2. The number of rotatable bonds is 6. The number of amides is 1. The van der Waals surface area contributed by atoms with E-state index < -0.39 is 15.9 Å². The summed E-state index contributed by atoms with van der Waals surface area (Å²) in [4.78, 5) is 17.9. The summed E-state index contributed by atoms with van der Waals surface area (Å²) in [5, 5.41) is 0. The van der Waals surface area contributed by atoms with Crippen molar-refractivity contribution in [1.82, 2.24) is 8.87 Å². The first-order valence-corrected chi connectivity index (χ1v) is 11.9. The molecule has 2 aromatic carbocycles. The molecule has 0 spiro atoms. The van der Waals surface area contributed by atoms with Crippen molar-refractivity contribution in [2.24, 2.45) is 4.99 Å². The van der Waals surface area contributed by atoms with Gasteiger partial charge in [0.05, 0.1) is 15.1 Å². The van der Waals surface area contributed by atoms with E-state index in [2.05, 4.69) is 17.6 Å². The highest BCUT2D eigenvalue weighted by Gasteiger charge is 2.35. The Labute approximate surface area is 179 Å². The number of thiazole rings is 1. The van der Waals surface area contributed by atoms with E-state index in [0.29, 0.717) is 16.9 Å². The Kier molecular flexibility index (Phi) is 5.48. The Bertz CT molecular complexity index is 1300. The molecule has 1 amide bonds. The van der Waals surface area contributed by atoms with E-state index in [1.165, 1.54) is 39.9 Å². The molecule has 0 saturated heterocycles. The van der Waals surface area contributed by atoms with E-state index in [1.54, 1.807) is 13.1 Å². The van der Waals surface area contributed by atoms with Crippen LogP contribution in [-0.4, -0.2) is 36.3 Å². The van der Waals surface area contributed by atoms with Gasteiger partial charge in [0.15, 0.2) is 4.80 Å². The number of allylic oxidation sites excluding steroid dienone is 1. The normalized spacial score (nSPS) is 15.1. The highest BCUT2D eigenvalue weighted by atomic mass is 32.2. The first kappa shape index (κ1) is 20.7. The summed E-state index contributed by atoms with van der Waals surface area (Å²) < 4.78 is 29.7. The van der Waals surface area contributed by atoms with Gasteiger partial charge in [-0.05, 0) is 61.7 Å². The largest absolute Gasteiger partial charge is 0.312 e. The maximum absolute atomic E-state index is 12.8. The van der Waals surface area contributed by atoms with Gasteiger partial charge in [-0.3, -0.25) is 4.79 Å². The van der Waals surface area contributed by atoms with Crippen LogP contribution >= 0.6 is 11.3 Å². The van der Waals surface area contributed by atoms with Crippen LogP contribution in [0.3, 0.4) is 0 Å². The van der Waals surface area contributed by atoms with Crippen molar-refractivity contribution in [3.8, 4) is 0 Å². The number of nitrogens with zero attached hydrogens (tertiary/aromatic N) is 3. The van der Waals surface area contributed by atoms with Gasteiger partial charge in [-0.25, -0.2) is 8.42 Å². The Balaban J connectivity index is 1.67. The van der Waals surface area contributed by atoms with Gasteiger partial charge in [-0.1, -0.05) is 23.5 Å². The molecule has 1 aliphatic rings. The number of aromatic nitrogens is 1. The number of hydrogen-bond donors (Lipinski definition) is 0. The summed E-state index contributed by atoms with van der Waals surface area (Å²) >= 11 is 1.45. The van der Waals surface area contributed by atoms with Crippen molar-refractivity contribution in [1.29, 1.82) is 0 Å². The minimum absolute atomic E-state index is 0.0863. The molecule has 1 saturated carbocycles. The molecule has 6 nitrogen and oxygen atoms in total. The molecule has 156 valence electrons. The van der Waals surface area contributed by atoms with Crippen LogP contribution in [0, 0.1) is 6.92 Å². The van der Waals surface area contributed by atoms with E-state index in [9.17, 15) is 13.2 Å². The molecule has 0 aliphatic heterocycles. The molecule has 0 N–H and O–H groups in total. The van der Waals surface area contributed by atoms with Crippen molar-refractivity contribution in [3.63, 3.8) is 0 Å². The Hall–Kier alpha value is -2.55. The Morgan fingerprint density at radius 3 is 2.60 bits per heavy atom. The van der Waals surface area contributed by atoms with Crippen LogP contribution in [0.15, 0.2) is 65.0 Å². The smallest absolute Gasteiger partial charge is 0.279 e. The van der Waals surface area contributed by atoms with Gasteiger partial charge < -0.3 is 4.57 Å². The second-order valence-electron chi connectivity index (χ2n) is 7.45. The Morgan fingerprint density at radius 1 is 1.27 bits per heavy atom. The number of hydrogen-bond acceptors (Lipinski definition) is 4. The van der Waals surface area contributed by atoms with Crippen LogP contribution in [0.5, 0.6) is 0 Å². The summed E-state index contributed by atoms with van der Waals surface area (Å²) in [6.45, 7) is 6.36. The number of carbonyl (C=O) groups is 1. The molecule has 8 heteroatoms. The molecule has 0 radical (unpaired) electrons. The minimum Gasteiger partial charge on any atom is -0.312 e. The quantitative estimate of drug-likeness (QED) is 0.547. The molecule has 1 aromatic heterocycles. The van der Waals surface area contributed by atoms with Gasteiger partial charge in [0, 0.05) is 25.2 Å². The van der Waals surface area contributed by atoms with Gasteiger partial charge in [0.2, 0.25) is 10.0 Å². The maximum atomic E-state index is 12.8. The summed E-state index contributed by atoms with van der Waals surface area (Å²) in [6.07, 6.45) is 3.56. The van der Waals surface area contributed by atoms with Crippen LogP contribution in [0.2, 0.25) is 0 Å². The zero-order valence-electron chi connectivity index (χ0n) is 16.9. The van der Waals surface area contributed by atoms with Crippen LogP contribution in [0.1, 0.15) is 28.8 Å². The number of fused-ring (bicyclic) bond motifs is 1. The minimum atomic E-state index is -3.53. The SMILES string of the molecule is C=CCn1c(=NC(=O)c2ccc(S(=O)(=O)N(C)C3CC3)cc2)sc2cc(C)ccc21. The van der Waals surface area contributed by atoms with Crippen LogP contribution in [0.4, 0.5) is 0 Å². The van der Waals surface area contributed by atoms with Crippen LogP contribution in [0.25, 0.3) is 10.2 Å². The van der Waals surface area contributed by atoms with Crippen LogP contribution < -0.4 is 4.80 Å². The second kappa shape index (κ2) is 7.94. The van der Waals surface area contributed by atoms with Gasteiger partial charge >= 0.3 is 0 Å². The van der Waals surface area contributed by atoms with Gasteiger partial charge in [-0.15, -0.1) is 6.58 Å². The molecule has 1 heterocycles. The van der Waals surface area contributed by atoms with Gasteiger partial charge in [0.1, 0.15) is 0 Å². The summed E-state index contributed by atoms with van der Waals surface area (Å²) in [5.74, 6) is -0.407. The first-order valence-electron chi connectivity index (χ1n) is 9.69. The third-order valence-electron chi connectivity index (χ3n) is 5.19. The molecule has 1 aliphatic carbocycles. The lowest BCUT2D eigenvalue weighted by atomic mass is 10.2. The third-order valence-corrected chi connectivity index (χ3v) is 8.15. The third kappa shape index (κ3) is 3.90. The van der Waals surface area contributed by atoms with E-state index in [4.69, 9.17) is 0 Å². The molecule has 30 heavy (non-hydrogen) atoms. The molecule has 3 aromatic rings. The fourth-order valence-electron chi connectivity index (χ4n) is 3.29. The van der Waals surface area contributed by atoms with E-state index in [0.717, 1.165) is 28.6 Å². The zero-order valence-corrected chi connectivity index (χ0v) is 18.5. The lowest BCUT2D eigenvalue weighted by Crippen LogP contribution is -2.28. The summed E-state index contributed by atoms with van der Waals surface area (Å²) in [7, 11) is -1.93. The zero-order chi connectivity index (χ0) is 21.5. The summed E-state index contributed by atoms with van der Waals surface area (Å²) in [5.41, 5.74) is 2.49.